The van der Waals surface area contributed by atoms with Crippen LogP contribution in [0.25, 0.3) is 0 Å². The molecule has 2 aromatic rings. The zero-order chi connectivity index (χ0) is 14.5. The van der Waals surface area contributed by atoms with Crippen molar-refractivity contribution in [3.05, 3.63) is 52.1 Å². The second-order valence-corrected chi connectivity index (χ2v) is 4.03. The highest BCUT2D eigenvalue weighted by Gasteiger charge is 2.15. The Kier molecular flexibility index (Phi) is 3.99. The third-order valence-corrected chi connectivity index (χ3v) is 2.73. The van der Waals surface area contributed by atoms with Gasteiger partial charge in [0.2, 0.25) is 5.82 Å². The number of nitro groups is 1. The Morgan fingerprint density at radius 1 is 1.35 bits per heavy atom. The monoisotopic (exact) mass is 274 g/mol. The molecule has 104 valence electrons. The summed E-state index contributed by atoms with van der Waals surface area (Å²) in [6.45, 7) is 0.349. The minimum Gasteiger partial charge on any atom is -0.496 e. The van der Waals surface area contributed by atoms with Gasteiger partial charge in [-0.2, -0.15) is 0 Å². The fourth-order valence-electron chi connectivity index (χ4n) is 1.77. The van der Waals surface area contributed by atoms with Gasteiger partial charge in [-0.15, -0.1) is 0 Å². The average Bonchev–Trinajstić information content (AvgIpc) is 2.45. The van der Waals surface area contributed by atoms with Gasteiger partial charge in [0.05, 0.1) is 12.0 Å². The van der Waals surface area contributed by atoms with Crippen LogP contribution in [-0.2, 0) is 6.54 Å². The first-order valence-electron chi connectivity index (χ1n) is 5.88. The number of nitrogen functional groups attached to an aromatic ring is 1. The second-order valence-electron chi connectivity index (χ2n) is 4.03. The maximum atomic E-state index is 10.9. The van der Waals surface area contributed by atoms with Gasteiger partial charge in [-0.1, -0.05) is 18.2 Å². The lowest BCUT2D eigenvalue weighted by atomic mass is 10.2. The molecule has 20 heavy (non-hydrogen) atoms. The van der Waals surface area contributed by atoms with Crippen molar-refractivity contribution in [2.75, 3.05) is 18.2 Å². The predicted octanol–water partition coefficient (Wildman–Crippen LogP) is 2.19. The van der Waals surface area contributed by atoms with Crippen LogP contribution < -0.4 is 15.8 Å². The van der Waals surface area contributed by atoms with E-state index >= 15 is 0 Å². The Morgan fingerprint density at radius 2 is 2.10 bits per heavy atom. The number of hydrogen-bond donors (Lipinski definition) is 2. The summed E-state index contributed by atoms with van der Waals surface area (Å²) in [6.07, 6.45) is 0. The van der Waals surface area contributed by atoms with Crippen molar-refractivity contribution in [1.29, 1.82) is 0 Å². The molecule has 0 saturated heterocycles. The Labute approximate surface area is 115 Å². The number of pyridine rings is 1. The Morgan fingerprint density at radius 3 is 2.80 bits per heavy atom. The van der Waals surface area contributed by atoms with Crippen molar-refractivity contribution in [1.82, 2.24) is 4.98 Å². The number of nitrogens with one attached hydrogen (secondary N) is 1. The number of rotatable bonds is 5. The summed E-state index contributed by atoms with van der Waals surface area (Å²) in [7, 11) is 1.57. The molecule has 0 aliphatic carbocycles. The van der Waals surface area contributed by atoms with Crippen LogP contribution in [0.4, 0.5) is 17.3 Å². The molecule has 2 rings (SSSR count). The summed E-state index contributed by atoms with van der Waals surface area (Å²) < 4.78 is 5.22. The lowest BCUT2D eigenvalue weighted by Crippen LogP contribution is -2.07. The van der Waals surface area contributed by atoms with Crippen LogP contribution in [-0.4, -0.2) is 17.0 Å². The molecule has 0 spiro atoms. The molecule has 0 aliphatic heterocycles. The molecule has 0 aliphatic rings. The standard InChI is InChI=1S/C13H14N4O3/c1-20-11-5-3-2-4-9(11)8-15-13-10(17(18)19)6-7-12(14)16-13/h2-7H,8H2,1H3,(H3,14,15,16). The molecule has 0 fully saturated rings. The summed E-state index contributed by atoms with van der Waals surface area (Å²) >= 11 is 0. The van der Waals surface area contributed by atoms with E-state index in [1.807, 2.05) is 24.3 Å². The number of methoxy groups -OCH3 is 1. The summed E-state index contributed by atoms with van der Waals surface area (Å²) in [5.41, 5.74) is 6.31. The average molecular weight is 274 g/mol. The summed E-state index contributed by atoms with van der Waals surface area (Å²) in [6, 6.07) is 10.1. The molecular weight excluding hydrogens is 260 g/mol. The molecule has 1 aromatic heterocycles. The van der Waals surface area contributed by atoms with Crippen molar-refractivity contribution in [3.8, 4) is 5.75 Å². The van der Waals surface area contributed by atoms with E-state index in [1.165, 1.54) is 12.1 Å². The lowest BCUT2D eigenvalue weighted by molar-refractivity contribution is -0.384. The van der Waals surface area contributed by atoms with Gasteiger partial charge in [-0.25, -0.2) is 4.98 Å². The molecule has 7 heteroatoms. The molecule has 1 aromatic carbocycles. The summed E-state index contributed by atoms with van der Waals surface area (Å²) in [5, 5.41) is 13.8. The van der Waals surface area contributed by atoms with E-state index < -0.39 is 4.92 Å². The zero-order valence-corrected chi connectivity index (χ0v) is 10.9. The van der Waals surface area contributed by atoms with E-state index in [-0.39, 0.29) is 17.3 Å². The number of nitrogens with zero attached hydrogens (tertiary/aromatic N) is 2. The van der Waals surface area contributed by atoms with Crippen LogP contribution in [0, 0.1) is 10.1 Å². The van der Waals surface area contributed by atoms with E-state index in [4.69, 9.17) is 10.5 Å². The Bertz CT molecular complexity index is 631. The minimum absolute atomic E-state index is 0.117. The Balaban J connectivity index is 2.22. The van der Waals surface area contributed by atoms with Crippen molar-refractivity contribution < 1.29 is 9.66 Å². The molecule has 0 amide bonds. The molecule has 0 saturated carbocycles. The highest BCUT2D eigenvalue weighted by Crippen LogP contribution is 2.25. The highest BCUT2D eigenvalue weighted by molar-refractivity contribution is 5.59. The largest absolute Gasteiger partial charge is 0.496 e. The quantitative estimate of drug-likeness (QED) is 0.640. The van der Waals surface area contributed by atoms with Gasteiger partial charge in [-0.3, -0.25) is 10.1 Å². The Hall–Kier alpha value is -2.83. The van der Waals surface area contributed by atoms with Gasteiger partial charge in [0, 0.05) is 18.2 Å². The van der Waals surface area contributed by atoms with Gasteiger partial charge < -0.3 is 15.8 Å². The maximum absolute atomic E-state index is 10.9. The van der Waals surface area contributed by atoms with Crippen LogP contribution in [0.1, 0.15) is 5.56 Å². The number of aromatic nitrogens is 1. The van der Waals surface area contributed by atoms with Crippen molar-refractivity contribution >= 4 is 17.3 Å². The molecule has 0 unspecified atom stereocenters. The molecular formula is C13H14N4O3. The molecule has 0 bridgehead atoms. The van der Waals surface area contributed by atoms with Gasteiger partial charge >= 0.3 is 5.69 Å². The van der Waals surface area contributed by atoms with Crippen molar-refractivity contribution in [2.24, 2.45) is 0 Å². The highest BCUT2D eigenvalue weighted by atomic mass is 16.6. The fraction of sp³-hybridized carbons (Fsp3) is 0.154. The van der Waals surface area contributed by atoms with Gasteiger partial charge in [0.1, 0.15) is 11.6 Å². The van der Waals surface area contributed by atoms with E-state index in [2.05, 4.69) is 10.3 Å². The lowest BCUT2D eigenvalue weighted by Gasteiger charge is -2.10. The normalized spacial score (nSPS) is 10.1. The fourth-order valence-corrected chi connectivity index (χ4v) is 1.77. The maximum Gasteiger partial charge on any atom is 0.311 e. The molecule has 0 atom stereocenters. The van der Waals surface area contributed by atoms with Crippen molar-refractivity contribution in [2.45, 2.75) is 6.54 Å². The SMILES string of the molecule is COc1ccccc1CNc1nc(N)ccc1[N+](=O)[O-]. The predicted molar refractivity (Wildman–Crippen MR) is 75.6 cm³/mol. The number of anilines is 2. The number of ether oxygens (including phenoxy) is 1. The first-order valence-corrected chi connectivity index (χ1v) is 5.88. The first-order chi connectivity index (χ1) is 9.61. The molecule has 3 N–H and O–H groups in total. The molecule has 0 radical (unpaired) electrons. The van der Waals surface area contributed by atoms with Crippen LogP contribution in [0.3, 0.4) is 0 Å². The smallest absolute Gasteiger partial charge is 0.311 e. The number of benzene rings is 1. The van der Waals surface area contributed by atoms with E-state index in [0.29, 0.717) is 12.3 Å². The van der Waals surface area contributed by atoms with Gasteiger partial charge in [0.15, 0.2) is 0 Å². The number of nitrogens with two attached hydrogens (primary N) is 1. The van der Waals surface area contributed by atoms with Crippen LogP contribution >= 0.6 is 0 Å². The molecule has 7 nitrogen and oxygen atoms in total. The molecule has 1 heterocycles. The van der Waals surface area contributed by atoms with Crippen LogP contribution in [0.15, 0.2) is 36.4 Å². The van der Waals surface area contributed by atoms with Crippen LogP contribution in [0.2, 0.25) is 0 Å². The third kappa shape index (κ3) is 2.94. The van der Waals surface area contributed by atoms with E-state index in [1.54, 1.807) is 7.11 Å². The number of hydrogen-bond acceptors (Lipinski definition) is 6. The van der Waals surface area contributed by atoms with E-state index in [0.717, 1.165) is 5.56 Å². The zero-order valence-electron chi connectivity index (χ0n) is 10.9. The van der Waals surface area contributed by atoms with Crippen LogP contribution in [0.5, 0.6) is 5.75 Å². The first kappa shape index (κ1) is 13.6. The topological polar surface area (TPSA) is 103 Å². The number of para-hydroxylation sites is 1. The summed E-state index contributed by atoms with van der Waals surface area (Å²) in [4.78, 5) is 14.4. The van der Waals surface area contributed by atoms with Crippen molar-refractivity contribution in [3.63, 3.8) is 0 Å². The summed E-state index contributed by atoms with van der Waals surface area (Å²) in [5.74, 6) is 1.06. The third-order valence-electron chi connectivity index (χ3n) is 2.73. The van der Waals surface area contributed by atoms with E-state index in [9.17, 15) is 10.1 Å². The van der Waals surface area contributed by atoms with Gasteiger partial charge in [-0.05, 0) is 12.1 Å². The van der Waals surface area contributed by atoms with Gasteiger partial charge in [0.25, 0.3) is 0 Å². The second kappa shape index (κ2) is 5.87. The minimum atomic E-state index is -0.503.